The van der Waals surface area contributed by atoms with Gasteiger partial charge < -0.3 is 9.30 Å². The van der Waals surface area contributed by atoms with E-state index < -0.39 is 10.0 Å². The van der Waals surface area contributed by atoms with Gasteiger partial charge in [0.15, 0.2) is 5.03 Å². The highest BCUT2D eigenvalue weighted by Gasteiger charge is 2.22. The van der Waals surface area contributed by atoms with Crippen molar-refractivity contribution in [2.24, 2.45) is 5.14 Å². The number of nitrogens with two attached hydrogens (primary N) is 1. The van der Waals surface area contributed by atoms with Crippen LogP contribution in [0.5, 0.6) is 0 Å². The molecule has 1 aromatic heterocycles. The Balaban J connectivity index is 2.35. The molecule has 1 saturated heterocycles. The second-order valence-corrected chi connectivity index (χ2v) is 5.65. The number of aryl methyl sites for hydroxylation is 1. The monoisotopic (exact) mass is 259 g/mol. The van der Waals surface area contributed by atoms with E-state index in [9.17, 15) is 8.42 Å². The zero-order chi connectivity index (χ0) is 12.5. The van der Waals surface area contributed by atoms with Crippen LogP contribution in [0.1, 0.15) is 31.6 Å². The minimum atomic E-state index is -3.72. The molecule has 0 spiro atoms. The fourth-order valence-corrected chi connectivity index (χ4v) is 2.58. The molecule has 7 heteroatoms. The van der Waals surface area contributed by atoms with E-state index in [-0.39, 0.29) is 11.1 Å². The Labute approximate surface area is 101 Å². The highest BCUT2D eigenvalue weighted by molar-refractivity contribution is 7.89. The smallest absolute Gasteiger partial charge is 0.257 e. The Kier molecular flexibility index (Phi) is 3.50. The second-order valence-electron chi connectivity index (χ2n) is 4.14. The summed E-state index contributed by atoms with van der Waals surface area (Å²) in [6.07, 6.45) is 4.00. The number of imidazole rings is 1. The molecule has 17 heavy (non-hydrogen) atoms. The summed E-state index contributed by atoms with van der Waals surface area (Å²) in [5.74, 6) is 0.765. The van der Waals surface area contributed by atoms with Crippen LogP contribution >= 0.6 is 0 Å². The van der Waals surface area contributed by atoms with E-state index in [2.05, 4.69) is 4.98 Å². The number of sulfonamides is 1. The fraction of sp³-hybridized carbons (Fsp3) is 0.700. The van der Waals surface area contributed by atoms with Crippen molar-refractivity contribution in [3.05, 3.63) is 12.0 Å². The number of hydrogen-bond acceptors (Lipinski definition) is 4. The summed E-state index contributed by atoms with van der Waals surface area (Å²) < 4.78 is 29.8. The average molecular weight is 259 g/mol. The number of nitrogens with zero attached hydrogens (tertiary/aromatic N) is 2. The van der Waals surface area contributed by atoms with Gasteiger partial charge in [-0.2, -0.15) is 0 Å². The molecule has 0 aromatic carbocycles. The zero-order valence-electron chi connectivity index (χ0n) is 9.80. The summed E-state index contributed by atoms with van der Waals surface area (Å²) in [7, 11) is -3.72. The van der Waals surface area contributed by atoms with Gasteiger partial charge in [0.05, 0.1) is 0 Å². The molecule has 2 heterocycles. The van der Waals surface area contributed by atoms with Gasteiger partial charge in [-0.3, -0.25) is 0 Å². The number of ether oxygens (including phenoxy) is 1. The topological polar surface area (TPSA) is 87.2 Å². The molecular formula is C10H17N3O3S. The lowest BCUT2D eigenvalue weighted by atomic mass is 10.1. The van der Waals surface area contributed by atoms with E-state index in [1.807, 2.05) is 11.5 Å². The van der Waals surface area contributed by atoms with Gasteiger partial charge in [0.2, 0.25) is 0 Å². The predicted octanol–water partition coefficient (Wildman–Crippen LogP) is 0.444. The lowest BCUT2D eigenvalue weighted by Gasteiger charge is -2.24. The Morgan fingerprint density at radius 3 is 2.71 bits per heavy atom. The van der Waals surface area contributed by atoms with E-state index in [0.717, 1.165) is 18.7 Å². The van der Waals surface area contributed by atoms with Gasteiger partial charge in [0.1, 0.15) is 5.82 Å². The van der Waals surface area contributed by atoms with Crippen molar-refractivity contribution < 1.29 is 13.2 Å². The van der Waals surface area contributed by atoms with Crippen molar-refractivity contribution in [1.82, 2.24) is 9.55 Å². The van der Waals surface area contributed by atoms with Gasteiger partial charge in [0, 0.05) is 31.9 Å². The summed E-state index contributed by atoms with van der Waals surface area (Å²) in [5, 5.41) is 5.05. The largest absolute Gasteiger partial charge is 0.381 e. The molecule has 1 aromatic rings. The molecule has 0 saturated carbocycles. The van der Waals surface area contributed by atoms with Crippen molar-refractivity contribution in [2.45, 2.75) is 37.3 Å². The van der Waals surface area contributed by atoms with Crippen LogP contribution in [0.3, 0.4) is 0 Å². The van der Waals surface area contributed by atoms with E-state index >= 15 is 0 Å². The number of rotatable bonds is 3. The summed E-state index contributed by atoms with van der Waals surface area (Å²) in [6, 6.07) is 0.265. The van der Waals surface area contributed by atoms with Gasteiger partial charge >= 0.3 is 0 Å². The van der Waals surface area contributed by atoms with E-state index in [4.69, 9.17) is 9.88 Å². The molecule has 0 bridgehead atoms. The van der Waals surface area contributed by atoms with Gasteiger partial charge in [-0.15, -0.1) is 0 Å². The predicted molar refractivity (Wildman–Crippen MR) is 62.1 cm³/mol. The molecule has 0 aliphatic carbocycles. The lowest BCUT2D eigenvalue weighted by Crippen LogP contribution is -2.20. The van der Waals surface area contributed by atoms with Crippen LogP contribution in [0.25, 0.3) is 0 Å². The maximum absolute atomic E-state index is 11.3. The van der Waals surface area contributed by atoms with Crippen molar-refractivity contribution in [3.63, 3.8) is 0 Å². The van der Waals surface area contributed by atoms with Crippen LogP contribution in [0, 0.1) is 0 Å². The molecule has 6 nitrogen and oxygen atoms in total. The Hall–Kier alpha value is -0.920. The molecule has 1 aliphatic heterocycles. The molecule has 0 unspecified atom stereocenters. The third-order valence-corrected chi connectivity index (χ3v) is 3.76. The second kappa shape index (κ2) is 4.75. The average Bonchev–Trinajstić information content (AvgIpc) is 2.73. The maximum Gasteiger partial charge on any atom is 0.257 e. The van der Waals surface area contributed by atoms with Gasteiger partial charge in [-0.05, 0) is 12.8 Å². The van der Waals surface area contributed by atoms with Crippen LogP contribution in [0.2, 0.25) is 0 Å². The number of hydrogen-bond donors (Lipinski definition) is 1. The van der Waals surface area contributed by atoms with Crippen LogP contribution in [-0.2, 0) is 21.2 Å². The van der Waals surface area contributed by atoms with Crippen molar-refractivity contribution >= 4 is 10.0 Å². The molecule has 1 aliphatic rings. The highest BCUT2D eigenvalue weighted by atomic mass is 32.2. The van der Waals surface area contributed by atoms with Crippen molar-refractivity contribution in [1.29, 1.82) is 0 Å². The molecule has 0 amide bonds. The van der Waals surface area contributed by atoms with Crippen molar-refractivity contribution in [2.75, 3.05) is 13.2 Å². The minimum absolute atomic E-state index is 0.0409. The first-order valence-corrected chi connectivity index (χ1v) is 7.25. The number of primary sulfonamides is 1. The first kappa shape index (κ1) is 12.5. The van der Waals surface area contributed by atoms with Crippen LogP contribution in [-0.4, -0.2) is 31.2 Å². The van der Waals surface area contributed by atoms with E-state index in [1.54, 1.807) is 6.20 Å². The quantitative estimate of drug-likeness (QED) is 0.853. The van der Waals surface area contributed by atoms with E-state index in [1.165, 1.54) is 0 Å². The van der Waals surface area contributed by atoms with Gasteiger partial charge in [-0.25, -0.2) is 18.5 Å². The van der Waals surface area contributed by atoms with Crippen LogP contribution in [0.4, 0.5) is 0 Å². The Morgan fingerprint density at radius 1 is 1.53 bits per heavy atom. The zero-order valence-corrected chi connectivity index (χ0v) is 10.6. The molecule has 0 radical (unpaired) electrons. The summed E-state index contributed by atoms with van der Waals surface area (Å²) in [5.41, 5.74) is 0. The first-order chi connectivity index (χ1) is 8.02. The summed E-state index contributed by atoms with van der Waals surface area (Å²) in [4.78, 5) is 4.08. The molecule has 1 fully saturated rings. The van der Waals surface area contributed by atoms with Gasteiger partial charge in [0.25, 0.3) is 10.0 Å². The molecule has 96 valence electrons. The lowest BCUT2D eigenvalue weighted by molar-refractivity contribution is 0.0688. The highest BCUT2D eigenvalue weighted by Crippen LogP contribution is 2.24. The molecular weight excluding hydrogens is 242 g/mol. The van der Waals surface area contributed by atoms with Crippen molar-refractivity contribution in [3.8, 4) is 0 Å². The first-order valence-electron chi connectivity index (χ1n) is 5.70. The molecule has 2 rings (SSSR count). The third kappa shape index (κ3) is 2.67. The summed E-state index contributed by atoms with van der Waals surface area (Å²) in [6.45, 7) is 3.36. The van der Waals surface area contributed by atoms with E-state index in [0.29, 0.717) is 19.6 Å². The minimum Gasteiger partial charge on any atom is -0.381 e. The Morgan fingerprint density at radius 2 is 2.18 bits per heavy atom. The molecule has 0 atom stereocenters. The number of aromatic nitrogens is 2. The summed E-state index contributed by atoms with van der Waals surface area (Å²) >= 11 is 0. The Bertz CT molecular complexity index is 489. The normalized spacial score (nSPS) is 18.5. The third-order valence-electron chi connectivity index (χ3n) is 2.98. The van der Waals surface area contributed by atoms with Crippen LogP contribution < -0.4 is 5.14 Å². The standard InChI is InChI=1S/C10H17N3O3S/c1-2-9-12-10(17(11,14)15)7-13(9)8-3-5-16-6-4-8/h7-8H,2-6H2,1H3,(H2,11,14,15). The fourth-order valence-electron chi connectivity index (χ4n) is 2.09. The van der Waals surface area contributed by atoms with Crippen LogP contribution in [0.15, 0.2) is 11.2 Å². The van der Waals surface area contributed by atoms with Gasteiger partial charge in [-0.1, -0.05) is 6.92 Å². The maximum atomic E-state index is 11.3. The SMILES string of the molecule is CCc1nc(S(N)(=O)=O)cn1C1CCOCC1. The molecule has 2 N–H and O–H groups in total.